The van der Waals surface area contributed by atoms with Crippen molar-refractivity contribution in [3.05, 3.63) is 10.9 Å². The van der Waals surface area contributed by atoms with Gasteiger partial charge < -0.3 is 0 Å². The Balaban J connectivity index is 3.14. The van der Waals surface area contributed by atoms with Gasteiger partial charge in [-0.05, 0) is 11.7 Å². The summed E-state index contributed by atoms with van der Waals surface area (Å²) in [6, 6.07) is 2.22. The molecule has 0 aliphatic rings. The predicted molar refractivity (Wildman–Crippen MR) is 45.4 cm³/mol. The number of hydrogen-bond acceptors (Lipinski definition) is 1. The van der Waals surface area contributed by atoms with Gasteiger partial charge in [-0.2, -0.15) is 11.3 Å². The molecule has 40 valence electrons. The van der Waals surface area contributed by atoms with Crippen LogP contribution in [0.1, 0.15) is 4.88 Å². The van der Waals surface area contributed by atoms with Gasteiger partial charge in [-0.25, -0.2) is 0 Å². The summed E-state index contributed by atoms with van der Waals surface area (Å²) in [7, 11) is 4.31. The zero-order valence-corrected chi connectivity index (χ0v) is 6.30. The fourth-order valence-corrected chi connectivity index (χ4v) is 1.70. The van der Waals surface area contributed by atoms with Gasteiger partial charge in [0.25, 0.3) is 0 Å². The topological polar surface area (TPSA) is 0 Å². The fourth-order valence-electron chi connectivity index (χ4n) is 0.758. The molecule has 0 N–H and O–H groups in total. The number of rotatable bonds is 0. The summed E-state index contributed by atoms with van der Waals surface area (Å²) in [5, 5.41) is 0. The van der Waals surface area contributed by atoms with Gasteiger partial charge >= 0.3 is 0 Å². The van der Waals surface area contributed by atoms with Crippen LogP contribution in [0.2, 0.25) is 0 Å². The molecule has 0 nitrogen and oxygen atoms in total. The second kappa shape index (κ2) is 1.98. The fraction of sp³-hybridized carbons (Fsp3) is 0.200. The number of thiophene rings is 1. The Morgan fingerprint density at radius 3 is 2.25 bits per heavy atom. The minimum absolute atomic E-state index is 1.42. The Morgan fingerprint density at radius 1 is 1.50 bits per heavy atom. The SMILES string of the molecule is Bc1cc(C)sc1B. The van der Waals surface area contributed by atoms with E-state index in [0.29, 0.717) is 0 Å². The maximum atomic E-state index is 2.22. The van der Waals surface area contributed by atoms with Crippen LogP contribution in [0.3, 0.4) is 0 Å². The van der Waals surface area contributed by atoms with Crippen molar-refractivity contribution in [2.24, 2.45) is 0 Å². The smallest absolute Gasteiger partial charge is 0.151 e. The number of aryl methyl sites for hydroxylation is 1. The summed E-state index contributed by atoms with van der Waals surface area (Å²) in [5.41, 5.74) is 1.42. The van der Waals surface area contributed by atoms with Gasteiger partial charge in [0.1, 0.15) is 7.85 Å². The van der Waals surface area contributed by atoms with E-state index in [4.69, 9.17) is 0 Å². The van der Waals surface area contributed by atoms with Crippen LogP contribution in [0.15, 0.2) is 6.07 Å². The minimum atomic E-state index is 1.42. The Kier molecular flexibility index (Phi) is 1.47. The predicted octanol–water partition coefficient (Wildman–Crippen LogP) is -1.43. The highest BCUT2D eigenvalue weighted by Gasteiger charge is 1.93. The Morgan fingerprint density at radius 2 is 2.12 bits per heavy atom. The van der Waals surface area contributed by atoms with Gasteiger partial charge in [-0.15, -0.1) is 0 Å². The Bertz CT molecular complexity index is 173. The maximum absolute atomic E-state index is 2.22. The molecule has 1 rings (SSSR count). The molecule has 0 aliphatic carbocycles. The highest BCUT2D eigenvalue weighted by molar-refractivity contribution is 7.21. The molecule has 0 saturated carbocycles. The molecule has 3 heteroatoms. The van der Waals surface area contributed by atoms with Crippen LogP contribution in [0.4, 0.5) is 0 Å². The minimum Gasteiger partial charge on any atom is -0.157 e. The molecule has 0 spiro atoms. The van der Waals surface area contributed by atoms with E-state index < -0.39 is 0 Å². The van der Waals surface area contributed by atoms with Gasteiger partial charge in [-0.1, -0.05) is 11.5 Å². The van der Waals surface area contributed by atoms with Gasteiger partial charge in [0.2, 0.25) is 0 Å². The maximum Gasteiger partial charge on any atom is 0.151 e. The first kappa shape index (κ1) is 5.96. The monoisotopic (exact) mass is 122 g/mol. The lowest BCUT2D eigenvalue weighted by Gasteiger charge is -1.79. The molecule has 0 amide bonds. The van der Waals surface area contributed by atoms with Crippen LogP contribution < -0.4 is 10.2 Å². The largest absolute Gasteiger partial charge is 0.157 e. The lowest BCUT2D eigenvalue weighted by atomic mass is 9.89. The highest BCUT2D eigenvalue weighted by Crippen LogP contribution is 1.98. The van der Waals surface area contributed by atoms with Crippen LogP contribution in [0, 0.1) is 6.92 Å². The van der Waals surface area contributed by atoms with Crippen molar-refractivity contribution >= 4 is 37.3 Å². The molecule has 0 atom stereocenters. The van der Waals surface area contributed by atoms with E-state index in [0.717, 1.165) is 0 Å². The summed E-state index contributed by atoms with van der Waals surface area (Å²) in [5.74, 6) is 0. The van der Waals surface area contributed by atoms with Gasteiger partial charge in [0.15, 0.2) is 7.85 Å². The van der Waals surface area contributed by atoms with Gasteiger partial charge in [-0.3, -0.25) is 0 Å². The third kappa shape index (κ3) is 0.972. The lowest BCUT2D eigenvalue weighted by molar-refractivity contribution is 1.66. The summed E-state index contributed by atoms with van der Waals surface area (Å²) in [6.07, 6.45) is 0. The number of hydrogen-bond donors (Lipinski definition) is 0. The van der Waals surface area contributed by atoms with E-state index in [1.807, 2.05) is 11.3 Å². The zero-order valence-electron chi connectivity index (χ0n) is 5.49. The first-order valence-electron chi connectivity index (χ1n) is 2.74. The summed E-state index contributed by atoms with van der Waals surface area (Å²) in [6.45, 7) is 2.14. The average molecular weight is 122 g/mol. The molecule has 1 aromatic rings. The standard InChI is InChI=1S/C5H8B2S/c1-3-2-4(6)5(7)8-3/h2H,6-7H2,1H3. The normalized spacial score (nSPS) is 9.62. The van der Waals surface area contributed by atoms with E-state index in [1.165, 1.54) is 15.1 Å². The van der Waals surface area contributed by atoms with Crippen LogP contribution in [0.25, 0.3) is 0 Å². The third-order valence-electron chi connectivity index (χ3n) is 1.29. The summed E-state index contributed by atoms with van der Waals surface area (Å²) in [4.78, 5) is 1.42. The molecular weight excluding hydrogens is 114 g/mol. The van der Waals surface area contributed by atoms with Crippen LogP contribution in [0.5, 0.6) is 0 Å². The third-order valence-corrected chi connectivity index (χ3v) is 2.36. The lowest BCUT2D eigenvalue weighted by Crippen LogP contribution is -2.18. The van der Waals surface area contributed by atoms with Crippen molar-refractivity contribution in [1.29, 1.82) is 0 Å². The van der Waals surface area contributed by atoms with E-state index in [-0.39, 0.29) is 0 Å². The molecule has 1 aromatic heterocycles. The van der Waals surface area contributed by atoms with Crippen molar-refractivity contribution in [2.45, 2.75) is 6.92 Å². The zero-order chi connectivity index (χ0) is 6.15. The second-order valence-electron chi connectivity index (χ2n) is 2.10. The van der Waals surface area contributed by atoms with E-state index in [1.54, 1.807) is 0 Å². The van der Waals surface area contributed by atoms with E-state index in [9.17, 15) is 0 Å². The molecule has 0 aliphatic heterocycles. The summed E-state index contributed by atoms with van der Waals surface area (Å²) < 4.78 is 1.45. The summed E-state index contributed by atoms with van der Waals surface area (Å²) >= 11 is 1.87. The quantitative estimate of drug-likeness (QED) is 0.370. The van der Waals surface area contributed by atoms with Crippen molar-refractivity contribution in [2.75, 3.05) is 0 Å². The molecule has 0 bridgehead atoms. The molecule has 1 heterocycles. The molecule has 8 heavy (non-hydrogen) atoms. The van der Waals surface area contributed by atoms with E-state index >= 15 is 0 Å². The van der Waals surface area contributed by atoms with Crippen LogP contribution >= 0.6 is 11.3 Å². The van der Waals surface area contributed by atoms with Crippen LogP contribution in [-0.2, 0) is 0 Å². The van der Waals surface area contributed by atoms with Gasteiger partial charge in [0.05, 0.1) is 0 Å². The van der Waals surface area contributed by atoms with E-state index in [2.05, 4.69) is 28.7 Å². The van der Waals surface area contributed by atoms with Crippen molar-refractivity contribution in [1.82, 2.24) is 0 Å². The molecule has 0 saturated heterocycles. The Labute approximate surface area is 55.7 Å². The van der Waals surface area contributed by atoms with Crippen LogP contribution in [-0.4, -0.2) is 15.7 Å². The van der Waals surface area contributed by atoms with Crippen molar-refractivity contribution in [3.63, 3.8) is 0 Å². The molecule has 0 unspecified atom stereocenters. The first-order valence-corrected chi connectivity index (χ1v) is 3.55. The first-order chi connectivity index (χ1) is 3.70. The van der Waals surface area contributed by atoms with Gasteiger partial charge in [0, 0.05) is 4.88 Å². The second-order valence-corrected chi connectivity index (χ2v) is 3.56. The molecule has 0 aromatic carbocycles. The molecular formula is C5H8B2S. The molecule has 0 radical (unpaired) electrons. The highest BCUT2D eigenvalue weighted by atomic mass is 32.1. The van der Waals surface area contributed by atoms with Crippen molar-refractivity contribution in [3.8, 4) is 0 Å². The van der Waals surface area contributed by atoms with Crippen molar-refractivity contribution < 1.29 is 0 Å². The average Bonchev–Trinajstić information content (AvgIpc) is 1.85. The Hall–Kier alpha value is -0.170. The molecule has 0 fully saturated rings.